The van der Waals surface area contributed by atoms with Crippen molar-refractivity contribution < 1.29 is 37.0 Å². The van der Waals surface area contributed by atoms with Gasteiger partial charge in [-0.1, -0.05) is 12.1 Å². The molecule has 0 radical (unpaired) electrons. The monoisotopic (exact) mass is 619 g/mol. The molecule has 0 aromatic heterocycles. The molecule has 0 spiro atoms. The minimum absolute atomic E-state index is 0.0878. The molecule has 1 aliphatic rings. The summed E-state index contributed by atoms with van der Waals surface area (Å²) in [4.78, 5) is 39.6. The van der Waals surface area contributed by atoms with Crippen LogP contribution in [0.4, 0.5) is 14.9 Å². The van der Waals surface area contributed by atoms with Crippen molar-refractivity contribution in [2.45, 2.75) is 18.5 Å². The molecule has 35 heavy (non-hydrogen) atoms. The van der Waals surface area contributed by atoms with E-state index in [9.17, 15) is 27.2 Å². The van der Waals surface area contributed by atoms with Gasteiger partial charge in [-0.3, -0.25) is 9.59 Å². The van der Waals surface area contributed by atoms with E-state index in [0.29, 0.717) is 19.8 Å². The second kappa shape index (κ2) is 11.3. The predicted octanol–water partition coefficient (Wildman–Crippen LogP) is 1.84. The van der Waals surface area contributed by atoms with E-state index in [-0.39, 0.29) is 25.3 Å². The number of nitrogens with one attached hydrogen (secondary N) is 2. The van der Waals surface area contributed by atoms with Crippen LogP contribution >= 0.6 is 22.6 Å². The normalized spacial score (nSPS) is 16.7. The van der Waals surface area contributed by atoms with Crippen molar-refractivity contribution in [3.05, 3.63) is 57.4 Å². The standard InChI is InChI=1S/C22H23FIN3O7S/c1-35(32,33)11-8-18(20(29)25-17-7-4-14(24)12-16(17)23)27-21(30)19(26-22(27)31)13-2-5-15(6-3-13)34-10-9-28/h2-7,12,18-19,28H,8-11H2,1H3,(H,25,29)(H,26,31)/t18?,19-/m1/s1. The molecule has 3 N–H and O–H groups in total. The number of benzene rings is 2. The summed E-state index contributed by atoms with van der Waals surface area (Å²) in [6.07, 6.45) is 0.604. The van der Waals surface area contributed by atoms with Gasteiger partial charge in [0.2, 0.25) is 5.91 Å². The summed E-state index contributed by atoms with van der Waals surface area (Å²) in [7, 11) is -3.54. The van der Waals surface area contributed by atoms with Gasteiger partial charge in [-0.25, -0.2) is 22.5 Å². The van der Waals surface area contributed by atoms with Crippen molar-refractivity contribution in [1.29, 1.82) is 0 Å². The van der Waals surface area contributed by atoms with Gasteiger partial charge < -0.3 is 20.5 Å². The maximum Gasteiger partial charge on any atom is 0.325 e. The molecule has 0 saturated carbocycles. The fourth-order valence-corrected chi connectivity index (χ4v) is 4.55. The average Bonchev–Trinajstić information content (AvgIpc) is 3.08. The maximum atomic E-state index is 14.3. The zero-order valence-corrected chi connectivity index (χ0v) is 21.5. The molecule has 1 unspecified atom stereocenters. The number of carbonyl (C=O) groups excluding carboxylic acids is 3. The summed E-state index contributed by atoms with van der Waals surface area (Å²) in [6, 6.07) is 6.81. The number of hydrogen-bond donors (Lipinski definition) is 3. The SMILES string of the molecule is CS(=O)(=O)CCC(C(=O)Nc1ccc(I)cc1F)N1C(=O)N[C@H](c2ccc(OCCO)cc2)C1=O. The molecule has 10 nitrogen and oxygen atoms in total. The van der Waals surface area contributed by atoms with Crippen LogP contribution in [-0.4, -0.2) is 67.5 Å². The topological polar surface area (TPSA) is 142 Å². The van der Waals surface area contributed by atoms with Crippen LogP contribution in [0.2, 0.25) is 0 Å². The first-order valence-corrected chi connectivity index (χ1v) is 13.5. The number of aliphatic hydroxyl groups is 1. The molecule has 2 atom stereocenters. The molecule has 1 saturated heterocycles. The number of ether oxygens (including phenoxy) is 1. The van der Waals surface area contributed by atoms with E-state index in [1.54, 1.807) is 30.3 Å². The lowest BCUT2D eigenvalue weighted by Crippen LogP contribution is -2.48. The average molecular weight is 619 g/mol. The molecule has 1 aliphatic heterocycles. The number of hydrogen-bond acceptors (Lipinski definition) is 7. The van der Waals surface area contributed by atoms with Gasteiger partial charge in [-0.05, 0) is 64.9 Å². The third-order valence-electron chi connectivity index (χ3n) is 5.11. The highest BCUT2D eigenvalue weighted by Gasteiger charge is 2.45. The first-order valence-electron chi connectivity index (χ1n) is 10.4. The van der Waals surface area contributed by atoms with Crippen LogP contribution < -0.4 is 15.4 Å². The summed E-state index contributed by atoms with van der Waals surface area (Å²) >= 11 is 1.90. The van der Waals surface area contributed by atoms with Gasteiger partial charge in [0.25, 0.3) is 5.91 Å². The highest BCUT2D eigenvalue weighted by molar-refractivity contribution is 14.1. The Hall–Kier alpha value is -2.78. The van der Waals surface area contributed by atoms with Gasteiger partial charge in [-0.2, -0.15) is 0 Å². The Morgan fingerprint density at radius 3 is 2.54 bits per heavy atom. The van der Waals surface area contributed by atoms with E-state index in [1.807, 2.05) is 22.6 Å². The van der Waals surface area contributed by atoms with Crippen LogP contribution in [-0.2, 0) is 19.4 Å². The summed E-state index contributed by atoms with van der Waals surface area (Å²) in [5.41, 5.74) is 0.245. The van der Waals surface area contributed by atoms with Gasteiger partial charge in [0, 0.05) is 9.83 Å². The lowest BCUT2D eigenvalue weighted by Gasteiger charge is -2.24. The molecule has 0 bridgehead atoms. The van der Waals surface area contributed by atoms with Crippen molar-refractivity contribution in [3.8, 4) is 5.75 Å². The zero-order chi connectivity index (χ0) is 25.8. The molecule has 0 aliphatic carbocycles. The number of urea groups is 1. The Bertz CT molecular complexity index is 1220. The molecule has 4 amide bonds. The van der Waals surface area contributed by atoms with Gasteiger partial charge in [-0.15, -0.1) is 0 Å². The van der Waals surface area contributed by atoms with Crippen molar-refractivity contribution in [2.75, 3.05) is 30.5 Å². The Morgan fingerprint density at radius 1 is 1.26 bits per heavy atom. The van der Waals surface area contributed by atoms with Gasteiger partial charge in [0.05, 0.1) is 18.0 Å². The van der Waals surface area contributed by atoms with Crippen molar-refractivity contribution >= 4 is 56.0 Å². The molecular weight excluding hydrogens is 596 g/mol. The Labute approximate surface area is 214 Å². The molecular formula is C22H23FIN3O7S. The van der Waals surface area contributed by atoms with Crippen LogP contribution in [0.25, 0.3) is 0 Å². The maximum absolute atomic E-state index is 14.3. The molecule has 3 rings (SSSR count). The number of amides is 4. The lowest BCUT2D eigenvalue weighted by atomic mass is 10.1. The highest BCUT2D eigenvalue weighted by atomic mass is 127. The number of nitrogens with zero attached hydrogens (tertiary/aromatic N) is 1. The quantitative estimate of drug-likeness (QED) is 0.272. The van der Waals surface area contributed by atoms with Crippen LogP contribution in [0, 0.1) is 9.39 Å². The Balaban J connectivity index is 1.85. The van der Waals surface area contributed by atoms with Crippen molar-refractivity contribution in [3.63, 3.8) is 0 Å². The third kappa shape index (κ3) is 6.89. The van der Waals surface area contributed by atoms with Crippen LogP contribution in [0.5, 0.6) is 5.75 Å². The minimum atomic E-state index is -3.54. The number of imide groups is 1. The van der Waals surface area contributed by atoms with Gasteiger partial charge in [0.15, 0.2) is 0 Å². The lowest BCUT2D eigenvalue weighted by molar-refractivity contribution is -0.134. The second-order valence-electron chi connectivity index (χ2n) is 7.78. The fourth-order valence-electron chi connectivity index (χ4n) is 3.45. The molecule has 1 heterocycles. The largest absolute Gasteiger partial charge is 0.491 e. The summed E-state index contributed by atoms with van der Waals surface area (Å²) in [6.45, 7) is -0.0819. The molecule has 188 valence electrons. The van der Waals surface area contributed by atoms with Crippen LogP contribution in [0.3, 0.4) is 0 Å². The van der Waals surface area contributed by atoms with E-state index >= 15 is 0 Å². The third-order valence-corrected chi connectivity index (χ3v) is 6.76. The summed E-state index contributed by atoms with van der Waals surface area (Å²) < 4.78 is 43.7. The number of anilines is 1. The number of sulfone groups is 1. The second-order valence-corrected chi connectivity index (χ2v) is 11.3. The smallest absolute Gasteiger partial charge is 0.325 e. The Morgan fingerprint density at radius 2 is 1.94 bits per heavy atom. The van der Waals surface area contributed by atoms with Crippen LogP contribution in [0.15, 0.2) is 42.5 Å². The van der Waals surface area contributed by atoms with Crippen LogP contribution in [0.1, 0.15) is 18.0 Å². The zero-order valence-electron chi connectivity index (χ0n) is 18.5. The number of carbonyl (C=O) groups is 3. The first kappa shape index (κ1) is 26.8. The van der Waals surface area contributed by atoms with Gasteiger partial charge >= 0.3 is 6.03 Å². The Kier molecular flexibility index (Phi) is 8.66. The van der Waals surface area contributed by atoms with Gasteiger partial charge in [0.1, 0.15) is 40.1 Å². The molecule has 2 aromatic rings. The van der Waals surface area contributed by atoms with E-state index in [2.05, 4.69) is 10.6 Å². The van der Waals surface area contributed by atoms with E-state index in [1.165, 1.54) is 12.1 Å². The predicted molar refractivity (Wildman–Crippen MR) is 133 cm³/mol. The summed E-state index contributed by atoms with van der Waals surface area (Å²) in [5.74, 6) is -2.40. The summed E-state index contributed by atoms with van der Waals surface area (Å²) in [5, 5.41) is 13.7. The first-order chi connectivity index (χ1) is 16.5. The minimum Gasteiger partial charge on any atom is -0.491 e. The van der Waals surface area contributed by atoms with Crippen molar-refractivity contribution in [2.24, 2.45) is 0 Å². The molecule has 1 fully saturated rings. The highest BCUT2D eigenvalue weighted by Crippen LogP contribution is 2.27. The van der Waals surface area contributed by atoms with E-state index in [4.69, 9.17) is 9.84 Å². The number of aliphatic hydroxyl groups excluding tert-OH is 1. The molecule has 13 heteroatoms. The molecule has 2 aromatic carbocycles. The van der Waals surface area contributed by atoms with E-state index < -0.39 is 51.3 Å². The number of rotatable bonds is 10. The van der Waals surface area contributed by atoms with Crippen molar-refractivity contribution in [1.82, 2.24) is 10.2 Å². The van der Waals surface area contributed by atoms with E-state index in [0.717, 1.165) is 6.26 Å². The number of halogens is 2. The fraction of sp³-hybridized carbons (Fsp3) is 0.318.